The van der Waals surface area contributed by atoms with Crippen LogP contribution in [0.5, 0.6) is 0 Å². The molecule has 0 fully saturated rings. The van der Waals surface area contributed by atoms with E-state index in [1.54, 1.807) is 0 Å². The van der Waals surface area contributed by atoms with Gasteiger partial charge in [-0.3, -0.25) is 0 Å². The minimum Gasteiger partial charge on any atom is -0.247 e. The van der Waals surface area contributed by atoms with Crippen LogP contribution in [0.15, 0.2) is 127 Å². The van der Waals surface area contributed by atoms with Crippen LogP contribution in [-0.2, 0) is 19.5 Å². The molecule has 3 aromatic carbocycles. The van der Waals surface area contributed by atoms with Gasteiger partial charge < -0.3 is 0 Å². The van der Waals surface area contributed by atoms with E-state index in [1.165, 1.54) is 0 Å². The molecular weight excluding hydrogens is 634 g/mol. The van der Waals surface area contributed by atoms with Crippen LogP contribution >= 0.6 is 23.8 Å². The van der Waals surface area contributed by atoms with Crippen LogP contribution < -0.4 is 48.5 Å². The molecule has 40 heavy (non-hydrogen) atoms. The van der Waals surface area contributed by atoms with Gasteiger partial charge in [-0.15, -0.1) is 15.9 Å². The smallest absolute Gasteiger partial charge is 0.247 e. The molecule has 0 amide bonds. The molecule has 4 heterocycles. The molecule has 0 saturated heterocycles. The summed E-state index contributed by atoms with van der Waals surface area (Å²) in [5, 5.41) is 3.34. The molecule has 0 N–H and O–H groups in total. The van der Waals surface area contributed by atoms with Crippen LogP contribution in [0, 0.1) is 18.2 Å². The van der Waals surface area contributed by atoms with Gasteiger partial charge in [0.15, 0.2) is 0 Å². The first-order valence-electron chi connectivity index (χ1n) is 12.6. The summed E-state index contributed by atoms with van der Waals surface area (Å²) in [5.74, 6) is 0. The Morgan fingerprint density at radius 3 is 0.850 bits per heavy atom. The van der Waals surface area contributed by atoms with Gasteiger partial charge in [-0.25, -0.2) is 15.0 Å². The van der Waals surface area contributed by atoms with Gasteiger partial charge in [0, 0.05) is 23.8 Å². The van der Waals surface area contributed by atoms with E-state index in [2.05, 4.69) is 109 Å². The molecule has 0 aliphatic carbocycles. The molecule has 0 radical (unpaired) electrons. The van der Waals surface area contributed by atoms with Gasteiger partial charge in [-0.05, 0) is 36.4 Å². The molecule has 7 rings (SSSR count). The predicted octanol–water partition coefficient (Wildman–Crippen LogP) is 2.86. The van der Waals surface area contributed by atoms with Crippen LogP contribution in [-0.4, -0.2) is 15.0 Å². The fourth-order valence-electron chi connectivity index (χ4n) is 4.65. The molecule has 1 aliphatic heterocycles. The maximum absolute atomic E-state index is 5.34. The number of benzene rings is 3. The summed E-state index contributed by atoms with van der Waals surface area (Å²) in [4.78, 5) is 16.0. The van der Waals surface area contributed by atoms with Crippen molar-refractivity contribution in [1.29, 1.82) is 0 Å². The summed E-state index contributed by atoms with van der Waals surface area (Å²) >= 11 is 0. The van der Waals surface area contributed by atoms with E-state index in [4.69, 9.17) is 15.0 Å². The molecule has 0 saturated carbocycles. The Hall–Kier alpha value is -2.98. The van der Waals surface area contributed by atoms with Gasteiger partial charge in [-0.1, -0.05) is 18.2 Å². The number of pyridine rings is 3. The topological polar surface area (TPSA) is 38.7 Å². The van der Waals surface area contributed by atoms with E-state index in [0.29, 0.717) is 0 Å². The average molecular weight is 655 g/mol. The standard InChI is InChI=1S/C33H21N3P3.Rh/c1-4-13-25(14-5-1)37-28-19-10-21-30(34-28)38(26-15-6-2-7-16-26)32-23-12-24-33(36-32)39(27-17-8-3-9-18-27)31-22-11-20-29(37)35-31;/h1-13,15,17,19-24H;/q-3;+3. The largest absolute Gasteiger partial charge is 3.00 e. The third-order valence-electron chi connectivity index (χ3n) is 6.33. The fraction of sp³-hybridized carbons (Fsp3) is 0. The maximum atomic E-state index is 5.34. The van der Waals surface area contributed by atoms with Crippen molar-refractivity contribution in [3.8, 4) is 0 Å². The summed E-state index contributed by atoms with van der Waals surface area (Å²) < 4.78 is 0. The summed E-state index contributed by atoms with van der Waals surface area (Å²) in [5.41, 5.74) is 6.11. The van der Waals surface area contributed by atoms with E-state index in [-0.39, 0.29) is 19.5 Å². The molecule has 7 heteroatoms. The van der Waals surface area contributed by atoms with Crippen LogP contribution in [0.3, 0.4) is 0 Å². The van der Waals surface area contributed by atoms with Crippen molar-refractivity contribution in [1.82, 2.24) is 15.0 Å². The molecule has 3 aromatic heterocycles. The SMILES string of the molecule is [Rh+3].[c-]1ccccc1P1c2cccc(n2)P(c2[c-]cccc2)c2cccc(n2)P(c2[c-]cccc2)c2cccc1n2. The quantitative estimate of drug-likeness (QED) is 0.167. The zero-order valence-corrected chi connectivity index (χ0v) is 25.5. The van der Waals surface area contributed by atoms with Crippen molar-refractivity contribution in [3.63, 3.8) is 0 Å². The van der Waals surface area contributed by atoms with Gasteiger partial charge in [0.25, 0.3) is 0 Å². The van der Waals surface area contributed by atoms with Crippen LogP contribution in [0.1, 0.15) is 0 Å². The average Bonchev–Trinajstić information content (AvgIpc) is 3.00. The Kier molecular flexibility index (Phi) is 8.34. The zero-order valence-electron chi connectivity index (χ0n) is 21.1. The minimum absolute atomic E-state index is 0. The third-order valence-corrected chi connectivity index (χ3v) is 12.9. The second kappa shape index (κ2) is 12.3. The monoisotopic (exact) mass is 655 g/mol. The van der Waals surface area contributed by atoms with Crippen molar-refractivity contribution < 1.29 is 19.5 Å². The summed E-state index contributed by atoms with van der Waals surface area (Å²) in [6.45, 7) is 0. The number of aromatic nitrogens is 3. The molecule has 0 atom stereocenters. The Morgan fingerprint density at radius 2 is 0.625 bits per heavy atom. The molecule has 3 nitrogen and oxygen atoms in total. The molecule has 6 aromatic rings. The number of fused-ring (bicyclic) bond motifs is 6. The molecule has 6 bridgehead atoms. The first-order chi connectivity index (χ1) is 19.3. The van der Waals surface area contributed by atoms with Gasteiger partial charge in [0.2, 0.25) is 0 Å². The van der Waals surface area contributed by atoms with Crippen LogP contribution in [0.2, 0.25) is 0 Å². The molecule has 1 aliphatic rings. The van der Waals surface area contributed by atoms with Gasteiger partial charge >= 0.3 is 19.5 Å². The summed E-state index contributed by atoms with van der Waals surface area (Å²) in [6.07, 6.45) is 0. The van der Waals surface area contributed by atoms with Crippen molar-refractivity contribution in [2.75, 3.05) is 0 Å². The van der Waals surface area contributed by atoms with E-state index in [0.717, 1.165) is 48.5 Å². The van der Waals surface area contributed by atoms with E-state index in [1.807, 2.05) is 36.4 Å². The summed E-state index contributed by atoms with van der Waals surface area (Å²) in [7, 11) is -3.05. The molecule has 0 unspecified atom stereocenters. The van der Waals surface area contributed by atoms with E-state index in [9.17, 15) is 0 Å². The van der Waals surface area contributed by atoms with E-state index >= 15 is 0 Å². The third kappa shape index (κ3) is 5.35. The number of rotatable bonds is 3. The van der Waals surface area contributed by atoms with Gasteiger partial charge in [-0.2, -0.15) is 91.0 Å². The molecule has 0 spiro atoms. The van der Waals surface area contributed by atoms with Gasteiger partial charge in [0.1, 0.15) is 0 Å². The maximum Gasteiger partial charge on any atom is 3.00 e. The normalized spacial score (nSPS) is 17.6. The number of hydrogen-bond acceptors (Lipinski definition) is 3. The van der Waals surface area contributed by atoms with E-state index < -0.39 is 23.8 Å². The second-order valence-electron chi connectivity index (χ2n) is 8.81. The first kappa shape index (κ1) is 27.2. The van der Waals surface area contributed by atoms with Crippen molar-refractivity contribution in [3.05, 3.63) is 146 Å². The molecular formula is C33H21N3P3Rh. The zero-order chi connectivity index (χ0) is 26.0. The Labute approximate surface area is 251 Å². The Morgan fingerprint density at radius 1 is 0.350 bits per heavy atom. The van der Waals surface area contributed by atoms with Crippen LogP contribution in [0.4, 0.5) is 0 Å². The Bertz CT molecular complexity index is 1470. The summed E-state index contributed by atoms with van der Waals surface area (Å²) in [6, 6.07) is 54.3. The Balaban J connectivity index is 0.00000289. The number of hydrogen-bond donors (Lipinski definition) is 0. The van der Waals surface area contributed by atoms with Crippen molar-refractivity contribution in [2.24, 2.45) is 0 Å². The van der Waals surface area contributed by atoms with Crippen molar-refractivity contribution >= 4 is 72.3 Å². The number of nitrogens with zero attached hydrogens (tertiary/aromatic N) is 3. The fourth-order valence-corrected chi connectivity index (χ4v) is 11.0. The second-order valence-corrected chi connectivity index (χ2v) is 15.0. The predicted molar refractivity (Wildman–Crippen MR) is 166 cm³/mol. The van der Waals surface area contributed by atoms with Gasteiger partial charge in [0.05, 0.1) is 32.6 Å². The minimum atomic E-state index is -1.02. The first-order valence-corrected chi connectivity index (χ1v) is 16.6. The van der Waals surface area contributed by atoms with Crippen LogP contribution in [0.25, 0.3) is 0 Å². The molecule has 192 valence electrons. The van der Waals surface area contributed by atoms with Crippen molar-refractivity contribution in [2.45, 2.75) is 0 Å².